The number of hydrogen-bond donors (Lipinski definition) is 1. The largest absolute Gasteiger partial charge is 0.311 e. The van der Waals surface area contributed by atoms with Crippen molar-refractivity contribution in [1.82, 2.24) is 24.9 Å². The van der Waals surface area contributed by atoms with E-state index in [0.717, 1.165) is 23.0 Å². The van der Waals surface area contributed by atoms with Gasteiger partial charge in [0.2, 0.25) is 0 Å². The van der Waals surface area contributed by atoms with Gasteiger partial charge in [0.25, 0.3) is 0 Å². The fourth-order valence-electron chi connectivity index (χ4n) is 2.32. The molecule has 19 heavy (non-hydrogen) atoms. The molecule has 2 aromatic heterocycles. The highest BCUT2D eigenvalue weighted by Crippen LogP contribution is 2.26. The summed E-state index contributed by atoms with van der Waals surface area (Å²) in [6, 6.07) is 2.27. The van der Waals surface area contributed by atoms with Crippen LogP contribution < -0.4 is 5.32 Å². The highest BCUT2D eigenvalue weighted by atomic mass is 79.9. The van der Waals surface area contributed by atoms with Crippen molar-refractivity contribution in [2.24, 2.45) is 14.1 Å². The third-order valence-electron chi connectivity index (χ3n) is 3.46. The molecule has 0 aliphatic carbocycles. The van der Waals surface area contributed by atoms with Gasteiger partial charge in [-0.3, -0.25) is 9.36 Å². The van der Waals surface area contributed by atoms with Gasteiger partial charge in [-0.1, -0.05) is 6.92 Å². The molecule has 1 N–H and O–H groups in total. The first-order chi connectivity index (χ1) is 9.08. The highest BCUT2D eigenvalue weighted by molar-refractivity contribution is 9.10. The normalized spacial score (nSPS) is 12.9. The molecule has 2 heterocycles. The summed E-state index contributed by atoms with van der Waals surface area (Å²) in [5, 5.41) is 12.1. The van der Waals surface area contributed by atoms with Crippen molar-refractivity contribution in [2.45, 2.75) is 25.8 Å². The molecule has 0 aliphatic rings. The van der Waals surface area contributed by atoms with E-state index < -0.39 is 0 Å². The molecule has 2 rings (SSSR count). The van der Waals surface area contributed by atoms with E-state index in [1.807, 2.05) is 42.8 Å². The van der Waals surface area contributed by atoms with Crippen LogP contribution in [0, 0.1) is 0 Å². The molecule has 5 nitrogen and oxygen atoms in total. The van der Waals surface area contributed by atoms with E-state index in [-0.39, 0.29) is 6.04 Å². The van der Waals surface area contributed by atoms with Crippen LogP contribution in [0.4, 0.5) is 0 Å². The van der Waals surface area contributed by atoms with E-state index in [2.05, 4.69) is 38.4 Å². The fourth-order valence-corrected chi connectivity index (χ4v) is 3.09. The van der Waals surface area contributed by atoms with Crippen LogP contribution in [-0.4, -0.2) is 26.6 Å². The summed E-state index contributed by atoms with van der Waals surface area (Å²) in [6.07, 6.45) is 3.64. The number of aromatic nitrogens is 4. The van der Waals surface area contributed by atoms with Crippen molar-refractivity contribution in [3.8, 4) is 0 Å². The first-order valence-electron chi connectivity index (χ1n) is 6.43. The smallest absolute Gasteiger partial charge is 0.0766 e. The Morgan fingerprint density at radius 2 is 2.11 bits per heavy atom. The fraction of sp³-hybridized carbons (Fsp3) is 0.538. The zero-order chi connectivity index (χ0) is 14.0. The molecule has 1 unspecified atom stereocenters. The summed E-state index contributed by atoms with van der Waals surface area (Å²) >= 11 is 3.67. The van der Waals surface area contributed by atoms with Gasteiger partial charge in [0.15, 0.2) is 0 Å². The maximum Gasteiger partial charge on any atom is 0.0766 e. The van der Waals surface area contributed by atoms with Gasteiger partial charge in [-0.15, -0.1) is 0 Å². The molecule has 0 bridgehead atoms. The first kappa shape index (κ1) is 14.3. The van der Waals surface area contributed by atoms with Gasteiger partial charge in [0, 0.05) is 26.7 Å². The Hall–Kier alpha value is -1.14. The Kier molecular flexibility index (Phi) is 4.42. The highest BCUT2D eigenvalue weighted by Gasteiger charge is 2.19. The van der Waals surface area contributed by atoms with Crippen LogP contribution in [0.25, 0.3) is 0 Å². The second kappa shape index (κ2) is 5.88. The van der Waals surface area contributed by atoms with Crippen molar-refractivity contribution >= 4 is 15.9 Å². The van der Waals surface area contributed by atoms with E-state index >= 15 is 0 Å². The molecule has 6 heteroatoms. The molecule has 0 saturated heterocycles. The molecule has 0 fully saturated rings. The van der Waals surface area contributed by atoms with Gasteiger partial charge >= 0.3 is 0 Å². The Labute approximate surface area is 122 Å². The second-order valence-corrected chi connectivity index (χ2v) is 5.40. The third-order valence-corrected chi connectivity index (χ3v) is 4.38. The minimum Gasteiger partial charge on any atom is -0.311 e. The average Bonchev–Trinajstić information content (AvgIpc) is 2.93. The van der Waals surface area contributed by atoms with Crippen molar-refractivity contribution in [2.75, 3.05) is 7.05 Å². The molecule has 0 spiro atoms. The monoisotopic (exact) mass is 325 g/mol. The van der Waals surface area contributed by atoms with E-state index in [9.17, 15) is 0 Å². The number of nitrogens with one attached hydrogen (secondary N) is 1. The number of nitrogens with zero attached hydrogens (tertiary/aromatic N) is 4. The number of rotatable bonds is 5. The lowest BCUT2D eigenvalue weighted by Crippen LogP contribution is -2.22. The predicted molar refractivity (Wildman–Crippen MR) is 79.0 cm³/mol. The minimum absolute atomic E-state index is 0.226. The van der Waals surface area contributed by atoms with Gasteiger partial charge in [-0.05, 0) is 35.5 Å². The van der Waals surface area contributed by atoms with Crippen LogP contribution in [-0.2, 0) is 26.9 Å². The zero-order valence-electron chi connectivity index (χ0n) is 11.8. The van der Waals surface area contributed by atoms with Gasteiger partial charge in [0.1, 0.15) is 0 Å². The summed E-state index contributed by atoms with van der Waals surface area (Å²) in [6.45, 7) is 2.12. The molecule has 1 atom stereocenters. The lowest BCUT2D eigenvalue weighted by Gasteiger charge is -2.17. The van der Waals surface area contributed by atoms with Crippen molar-refractivity contribution in [3.63, 3.8) is 0 Å². The Morgan fingerprint density at radius 3 is 2.58 bits per heavy atom. The van der Waals surface area contributed by atoms with Crippen molar-refractivity contribution in [1.29, 1.82) is 0 Å². The number of halogens is 1. The minimum atomic E-state index is 0.226. The standard InChI is InChI=1S/C13H20BrN5/c1-5-9-13(14)12(19(4)17-9)8-10(15-2)11-6-7-16-18(11)3/h6-7,10,15H,5,8H2,1-4H3. The molecule has 0 aromatic carbocycles. The topological polar surface area (TPSA) is 47.7 Å². The maximum absolute atomic E-state index is 4.54. The summed E-state index contributed by atoms with van der Waals surface area (Å²) in [5.41, 5.74) is 3.49. The van der Waals surface area contributed by atoms with Crippen molar-refractivity contribution < 1.29 is 0 Å². The Balaban J connectivity index is 2.29. The van der Waals surface area contributed by atoms with Crippen LogP contribution >= 0.6 is 15.9 Å². The van der Waals surface area contributed by atoms with Gasteiger partial charge in [-0.2, -0.15) is 10.2 Å². The molecule has 0 aliphatic heterocycles. The van der Waals surface area contributed by atoms with Gasteiger partial charge < -0.3 is 5.32 Å². The SMILES string of the molecule is CCc1nn(C)c(CC(NC)c2ccnn2C)c1Br. The van der Waals surface area contributed by atoms with Crippen molar-refractivity contribution in [3.05, 3.63) is 33.8 Å². The second-order valence-electron chi connectivity index (χ2n) is 4.61. The number of hydrogen-bond acceptors (Lipinski definition) is 3. The molecular formula is C13H20BrN5. The first-order valence-corrected chi connectivity index (χ1v) is 7.23. The molecule has 104 valence electrons. The molecule has 0 saturated carbocycles. The van der Waals surface area contributed by atoms with E-state index in [1.54, 1.807) is 0 Å². The molecule has 0 amide bonds. The Morgan fingerprint density at radius 1 is 1.37 bits per heavy atom. The van der Waals surface area contributed by atoms with Crippen LogP contribution in [0.3, 0.4) is 0 Å². The molecule has 2 aromatic rings. The zero-order valence-corrected chi connectivity index (χ0v) is 13.4. The number of likely N-dealkylation sites (N-methyl/N-ethyl adjacent to an activating group) is 1. The Bertz CT molecular complexity index is 557. The average molecular weight is 326 g/mol. The van der Waals surface area contributed by atoms with Gasteiger partial charge in [-0.25, -0.2) is 0 Å². The lowest BCUT2D eigenvalue weighted by molar-refractivity contribution is 0.518. The molecular weight excluding hydrogens is 306 g/mol. The summed E-state index contributed by atoms with van der Waals surface area (Å²) in [5.74, 6) is 0. The third kappa shape index (κ3) is 2.74. The summed E-state index contributed by atoms with van der Waals surface area (Å²) in [4.78, 5) is 0. The van der Waals surface area contributed by atoms with E-state index in [0.29, 0.717) is 0 Å². The maximum atomic E-state index is 4.54. The quantitative estimate of drug-likeness (QED) is 0.914. The van der Waals surface area contributed by atoms with Crippen LogP contribution in [0.1, 0.15) is 30.0 Å². The summed E-state index contributed by atoms with van der Waals surface area (Å²) in [7, 11) is 5.94. The van der Waals surface area contributed by atoms with E-state index in [1.165, 1.54) is 11.4 Å². The van der Waals surface area contributed by atoms with Crippen LogP contribution in [0.15, 0.2) is 16.7 Å². The van der Waals surface area contributed by atoms with Crippen LogP contribution in [0.2, 0.25) is 0 Å². The van der Waals surface area contributed by atoms with Gasteiger partial charge in [0.05, 0.1) is 27.6 Å². The predicted octanol–water partition coefficient (Wildman–Crippen LogP) is 1.98. The van der Waals surface area contributed by atoms with Crippen LogP contribution in [0.5, 0.6) is 0 Å². The number of aryl methyl sites for hydroxylation is 3. The molecule has 0 radical (unpaired) electrons. The lowest BCUT2D eigenvalue weighted by atomic mass is 10.1. The summed E-state index contributed by atoms with van der Waals surface area (Å²) < 4.78 is 5.00. The van der Waals surface area contributed by atoms with E-state index in [4.69, 9.17) is 0 Å².